The average Bonchev–Trinajstić information content (AvgIpc) is 2.54. The van der Waals surface area contributed by atoms with Gasteiger partial charge in [-0.2, -0.15) is 0 Å². The molecule has 3 rings (SSSR count). The first-order chi connectivity index (χ1) is 10.5. The van der Waals surface area contributed by atoms with Crippen LogP contribution >= 0.6 is 0 Å². The van der Waals surface area contributed by atoms with Crippen molar-refractivity contribution < 1.29 is 23.9 Å². The van der Waals surface area contributed by atoms with Crippen molar-refractivity contribution in [2.24, 2.45) is 0 Å². The SMILES string of the molecule is COC(=O)Oc1ccc2c(c1N)C(=O)c1ccccc1C2=O. The van der Waals surface area contributed by atoms with E-state index in [9.17, 15) is 14.4 Å². The Bertz CT molecular complexity index is 825. The van der Waals surface area contributed by atoms with Crippen molar-refractivity contribution in [3.8, 4) is 5.75 Å². The molecule has 1 aliphatic rings. The van der Waals surface area contributed by atoms with Gasteiger partial charge in [0.2, 0.25) is 0 Å². The molecule has 2 aromatic carbocycles. The number of fused-ring (bicyclic) bond motifs is 2. The van der Waals surface area contributed by atoms with E-state index in [4.69, 9.17) is 10.5 Å². The molecule has 0 amide bonds. The molecule has 0 atom stereocenters. The number of hydrogen-bond acceptors (Lipinski definition) is 6. The second-order valence-electron chi connectivity index (χ2n) is 4.66. The van der Waals surface area contributed by atoms with Crippen LogP contribution in [-0.2, 0) is 4.74 Å². The maximum absolute atomic E-state index is 12.6. The van der Waals surface area contributed by atoms with E-state index in [1.807, 2.05) is 0 Å². The topological polar surface area (TPSA) is 95.7 Å². The number of benzene rings is 2. The first kappa shape index (κ1) is 13.8. The highest BCUT2D eigenvalue weighted by Gasteiger charge is 2.32. The van der Waals surface area contributed by atoms with E-state index in [2.05, 4.69) is 4.74 Å². The molecule has 110 valence electrons. The van der Waals surface area contributed by atoms with Gasteiger partial charge in [-0.25, -0.2) is 4.79 Å². The van der Waals surface area contributed by atoms with Gasteiger partial charge in [-0.1, -0.05) is 24.3 Å². The van der Waals surface area contributed by atoms with E-state index in [0.29, 0.717) is 5.56 Å². The quantitative estimate of drug-likeness (QED) is 0.420. The Kier molecular flexibility index (Phi) is 3.14. The molecule has 0 fully saturated rings. The molecule has 0 bridgehead atoms. The van der Waals surface area contributed by atoms with Crippen molar-refractivity contribution in [3.05, 3.63) is 58.7 Å². The van der Waals surface area contributed by atoms with Crippen LogP contribution in [-0.4, -0.2) is 24.8 Å². The molecule has 0 unspecified atom stereocenters. The van der Waals surface area contributed by atoms with E-state index < -0.39 is 6.16 Å². The average molecular weight is 297 g/mol. The summed E-state index contributed by atoms with van der Waals surface area (Å²) in [7, 11) is 1.15. The van der Waals surface area contributed by atoms with Gasteiger partial charge in [0.15, 0.2) is 17.3 Å². The van der Waals surface area contributed by atoms with Crippen LogP contribution in [0, 0.1) is 0 Å². The number of hydrogen-bond donors (Lipinski definition) is 1. The molecule has 2 N–H and O–H groups in total. The highest BCUT2D eigenvalue weighted by atomic mass is 16.7. The maximum atomic E-state index is 12.6. The molecular weight excluding hydrogens is 286 g/mol. The lowest BCUT2D eigenvalue weighted by molar-refractivity contribution is 0.0979. The zero-order chi connectivity index (χ0) is 15.9. The molecule has 6 nitrogen and oxygen atoms in total. The molecule has 6 heteroatoms. The Hall–Kier alpha value is -3.15. The Balaban J connectivity index is 2.17. The van der Waals surface area contributed by atoms with Crippen LogP contribution in [0.15, 0.2) is 36.4 Å². The van der Waals surface area contributed by atoms with Crippen LogP contribution in [0.25, 0.3) is 0 Å². The first-order valence-electron chi connectivity index (χ1n) is 6.41. The first-order valence-corrected chi connectivity index (χ1v) is 6.41. The van der Waals surface area contributed by atoms with Gasteiger partial charge in [0, 0.05) is 16.7 Å². The van der Waals surface area contributed by atoms with Crippen molar-refractivity contribution in [3.63, 3.8) is 0 Å². The minimum absolute atomic E-state index is 0.0221. The molecule has 0 spiro atoms. The number of carbonyl (C=O) groups excluding carboxylic acids is 3. The van der Waals surface area contributed by atoms with Gasteiger partial charge in [-0.15, -0.1) is 0 Å². The normalized spacial score (nSPS) is 12.4. The molecule has 0 aliphatic heterocycles. The summed E-state index contributed by atoms with van der Waals surface area (Å²) in [6, 6.07) is 9.29. The molecule has 0 aromatic heterocycles. The van der Waals surface area contributed by atoms with Crippen molar-refractivity contribution in [2.75, 3.05) is 12.8 Å². The van der Waals surface area contributed by atoms with Crippen molar-refractivity contribution in [1.29, 1.82) is 0 Å². The third-order valence-electron chi connectivity index (χ3n) is 3.45. The standard InChI is InChI=1S/C16H11NO5/c1-21-16(20)22-11-7-6-10-12(13(11)17)15(19)9-5-3-2-4-8(9)14(10)18/h2-7H,17H2,1H3. The van der Waals surface area contributed by atoms with Crippen LogP contribution < -0.4 is 10.5 Å². The van der Waals surface area contributed by atoms with E-state index in [1.165, 1.54) is 12.1 Å². The number of nitrogens with two attached hydrogens (primary N) is 1. The molecule has 0 saturated carbocycles. The number of nitrogen functional groups attached to an aromatic ring is 1. The number of ketones is 2. The summed E-state index contributed by atoms with van der Waals surface area (Å²) in [5.74, 6) is -0.689. The van der Waals surface area contributed by atoms with E-state index in [-0.39, 0.29) is 39.7 Å². The largest absolute Gasteiger partial charge is 0.513 e. The zero-order valence-electron chi connectivity index (χ0n) is 11.6. The number of ether oxygens (including phenoxy) is 2. The zero-order valence-corrected chi connectivity index (χ0v) is 11.6. The lowest BCUT2D eigenvalue weighted by Gasteiger charge is -2.19. The predicted octanol–water partition coefficient (Wildman–Crippen LogP) is 2.19. The second-order valence-corrected chi connectivity index (χ2v) is 4.66. The third-order valence-corrected chi connectivity index (χ3v) is 3.45. The Labute approximate surface area is 125 Å². The van der Waals surface area contributed by atoms with Crippen LogP contribution in [0.3, 0.4) is 0 Å². The second kappa shape index (κ2) is 5.00. The number of methoxy groups -OCH3 is 1. The molecular formula is C16H11NO5. The molecule has 1 aliphatic carbocycles. The highest BCUT2D eigenvalue weighted by molar-refractivity contribution is 6.30. The van der Waals surface area contributed by atoms with Gasteiger partial charge in [0.1, 0.15) is 0 Å². The summed E-state index contributed by atoms with van der Waals surface area (Å²) < 4.78 is 9.27. The summed E-state index contributed by atoms with van der Waals surface area (Å²) >= 11 is 0. The lowest BCUT2D eigenvalue weighted by atomic mass is 9.83. The minimum atomic E-state index is -0.957. The fourth-order valence-corrected chi connectivity index (χ4v) is 2.41. The summed E-state index contributed by atoms with van der Waals surface area (Å²) in [4.78, 5) is 36.2. The maximum Gasteiger partial charge on any atom is 0.513 e. The van der Waals surface area contributed by atoms with Gasteiger partial charge in [-0.05, 0) is 12.1 Å². The van der Waals surface area contributed by atoms with Crippen molar-refractivity contribution >= 4 is 23.4 Å². The monoisotopic (exact) mass is 297 g/mol. The molecule has 0 radical (unpaired) electrons. The fourth-order valence-electron chi connectivity index (χ4n) is 2.41. The summed E-state index contributed by atoms with van der Waals surface area (Å²) in [6.07, 6.45) is -0.957. The molecule has 2 aromatic rings. The Morgan fingerprint density at radius 2 is 1.59 bits per heavy atom. The van der Waals surface area contributed by atoms with Crippen LogP contribution in [0.5, 0.6) is 5.75 Å². The summed E-state index contributed by atoms with van der Waals surface area (Å²) in [5, 5.41) is 0. The van der Waals surface area contributed by atoms with Crippen LogP contribution in [0.2, 0.25) is 0 Å². The number of carbonyl (C=O) groups is 3. The van der Waals surface area contributed by atoms with Gasteiger partial charge < -0.3 is 15.2 Å². The Morgan fingerprint density at radius 3 is 2.23 bits per heavy atom. The van der Waals surface area contributed by atoms with Gasteiger partial charge in [-0.3, -0.25) is 9.59 Å². The van der Waals surface area contributed by atoms with Crippen LogP contribution in [0.4, 0.5) is 10.5 Å². The van der Waals surface area contributed by atoms with Gasteiger partial charge >= 0.3 is 6.16 Å². The van der Waals surface area contributed by atoms with Gasteiger partial charge in [0.25, 0.3) is 0 Å². The highest BCUT2D eigenvalue weighted by Crippen LogP contribution is 2.35. The van der Waals surface area contributed by atoms with Crippen molar-refractivity contribution in [1.82, 2.24) is 0 Å². The van der Waals surface area contributed by atoms with E-state index >= 15 is 0 Å². The van der Waals surface area contributed by atoms with E-state index in [1.54, 1.807) is 24.3 Å². The van der Waals surface area contributed by atoms with Crippen molar-refractivity contribution in [2.45, 2.75) is 0 Å². The van der Waals surface area contributed by atoms with E-state index in [0.717, 1.165) is 7.11 Å². The Morgan fingerprint density at radius 1 is 0.955 bits per heavy atom. The van der Waals surface area contributed by atoms with Crippen LogP contribution in [0.1, 0.15) is 31.8 Å². The number of rotatable bonds is 1. The third kappa shape index (κ3) is 1.93. The minimum Gasteiger partial charge on any atom is -0.437 e. The fraction of sp³-hybridized carbons (Fsp3) is 0.0625. The number of anilines is 1. The molecule has 22 heavy (non-hydrogen) atoms. The summed E-state index contributed by atoms with van der Waals surface area (Å²) in [5.41, 5.74) is 6.70. The summed E-state index contributed by atoms with van der Waals surface area (Å²) in [6.45, 7) is 0. The predicted molar refractivity (Wildman–Crippen MR) is 77.2 cm³/mol. The lowest BCUT2D eigenvalue weighted by Crippen LogP contribution is -2.23. The van der Waals surface area contributed by atoms with Gasteiger partial charge in [0.05, 0.1) is 18.4 Å². The molecule has 0 saturated heterocycles. The molecule has 0 heterocycles. The smallest absolute Gasteiger partial charge is 0.437 e.